The molecule has 5 nitrogen and oxygen atoms in total. The molecule has 21 heavy (non-hydrogen) atoms. The number of ether oxygens (including phenoxy) is 2. The fourth-order valence-electron chi connectivity index (χ4n) is 1.82. The zero-order valence-electron chi connectivity index (χ0n) is 12.4. The molecule has 0 heterocycles. The summed E-state index contributed by atoms with van der Waals surface area (Å²) in [4.78, 5) is 23.8. The number of hydrogen-bond donors (Lipinski definition) is 1. The van der Waals surface area contributed by atoms with Gasteiger partial charge in [0.05, 0.1) is 26.2 Å². The fraction of sp³-hybridized carbons (Fsp3) is 0.375. The summed E-state index contributed by atoms with van der Waals surface area (Å²) in [6.07, 6.45) is 1.62. The fourth-order valence-corrected chi connectivity index (χ4v) is 1.82. The molecule has 1 unspecified atom stereocenters. The number of Topliss-reactive ketones (excluding diaryl/α,β-unsaturated/α-hetero) is 1. The van der Waals surface area contributed by atoms with Crippen LogP contribution in [0.1, 0.15) is 23.7 Å². The summed E-state index contributed by atoms with van der Waals surface area (Å²) in [6, 6.07) is 6.22. The number of carbonyl (C=O) groups excluding carboxylic acids is 2. The van der Waals surface area contributed by atoms with Gasteiger partial charge >= 0.3 is 5.97 Å². The summed E-state index contributed by atoms with van der Waals surface area (Å²) in [6.45, 7) is 6.49. The Bertz CT molecular complexity index is 482. The molecule has 0 aromatic heterocycles. The molecule has 1 N–H and O–H groups in total. The van der Waals surface area contributed by atoms with Crippen LogP contribution in [0, 0.1) is 0 Å². The third-order valence-corrected chi connectivity index (χ3v) is 2.87. The number of hydrogen-bond acceptors (Lipinski definition) is 5. The summed E-state index contributed by atoms with van der Waals surface area (Å²) >= 11 is 0. The minimum atomic E-state index is -0.631. The van der Waals surface area contributed by atoms with Crippen LogP contribution in [-0.4, -0.2) is 38.1 Å². The lowest BCUT2D eigenvalue weighted by Crippen LogP contribution is -2.39. The van der Waals surface area contributed by atoms with Gasteiger partial charge in [0.15, 0.2) is 5.78 Å². The third-order valence-electron chi connectivity index (χ3n) is 2.87. The highest BCUT2D eigenvalue weighted by Crippen LogP contribution is 2.14. The smallest absolute Gasteiger partial charge is 0.307 e. The van der Waals surface area contributed by atoms with Crippen LogP contribution in [0.4, 0.5) is 0 Å². The largest absolute Gasteiger partial charge is 0.494 e. The molecular formula is C16H21NO4. The Morgan fingerprint density at radius 2 is 2.00 bits per heavy atom. The van der Waals surface area contributed by atoms with Crippen molar-refractivity contribution in [2.45, 2.75) is 19.4 Å². The minimum absolute atomic E-state index is 0.0175. The quantitative estimate of drug-likeness (QED) is 0.428. The number of nitrogens with one attached hydrogen (secondary N) is 1. The van der Waals surface area contributed by atoms with E-state index in [9.17, 15) is 9.59 Å². The second-order valence-corrected chi connectivity index (χ2v) is 4.35. The van der Waals surface area contributed by atoms with Crippen molar-refractivity contribution in [3.05, 3.63) is 42.5 Å². The molecule has 0 saturated carbocycles. The van der Waals surface area contributed by atoms with Crippen LogP contribution in [0.3, 0.4) is 0 Å². The summed E-state index contributed by atoms with van der Waals surface area (Å²) in [5, 5.41) is 2.97. The molecule has 0 amide bonds. The summed E-state index contributed by atoms with van der Waals surface area (Å²) in [5.74, 6) is 0.110. The molecule has 1 rings (SSSR count). The van der Waals surface area contributed by atoms with Gasteiger partial charge in [0.25, 0.3) is 0 Å². The third kappa shape index (κ3) is 5.39. The zero-order valence-corrected chi connectivity index (χ0v) is 12.4. The Balaban J connectivity index is 2.82. The highest BCUT2D eigenvalue weighted by molar-refractivity contribution is 6.01. The van der Waals surface area contributed by atoms with Gasteiger partial charge in [-0.2, -0.15) is 0 Å². The maximum atomic E-state index is 12.4. The van der Waals surface area contributed by atoms with Gasteiger partial charge in [-0.15, -0.1) is 6.58 Å². The van der Waals surface area contributed by atoms with Crippen molar-refractivity contribution in [2.24, 2.45) is 0 Å². The van der Waals surface area contributed by atoms with E-state index in [1.807, 2.05) is 6.92 Å². The van der Waals surface area contributed by atoms with Gasteiger partial charge < -0.3 is 14.8 Å². The first-order chi connectivity index (χ1) is 10.1. The average molecular weight is 291 g/mol. The first kappa shape index (κ1) is 16.9. The van der Waals surface area contributed by atoms with Gasteiger partial charge in [-0.25, -0.2) is 0 Å². The second-order valence-electron chi connectivity index (χ2n) is 4.35. The van der Waals surface area contributed by atoms with Crippen molar-refractivity contribution in [2.75, 3.05) is 20.3 Å². The van der Waals surface area contributed by atoms with Crippen molar-refractivity contribution >= 4 is 11.8 Å². The molecule has 1 atom stereocenters. The lowest BCUT2D eigenvalue weighted by Gasteiger charge is -2.16. The van der Waals surface area contributed by atoms with E-state index in [0.717, 1.165) is 0 Å². The molecular weight excluding hydrogens is 270 g/mol. The molecule has 0 bridgehead atoms. The van der Waals surface area contributed by atoms with Crippen LogP contribution >= 0.6 is 0 Å². The predicted octanol–water partition coefficient (Wildman–Crippen LogP) is 1.98. The molecule has 0 saturated heterocycles. The minimum Gasteiger partial charge on any atom is -0.494 e. The standard InChI is InChI=1S/C16H21NO4/c1-4-10-17-14(11-15(18)20-3)16(19)12-6-8-13(9-7-12)21-5-2/h4,6-9,14,17H,1,5,10-11H2,2-3H3. The number of rotatable bonds is 9. The van der Waals surface area contributed by atoms with Crippen molar-refractivity contribution in [3.8, 4) is 5.75 Å². The first-order valence-electron chi connectivity index (χ1n) is 6.80. The van der Waals surface area contributed by atoms with Gasteiger partial charge in [-0.1, -0.05) is 6.08 Å². The molecule has 114 valence electrons. The molecule has 0 aliphatic heterocycles. The van der Waals surface area contributed by atoms with Crippen LogP contribution in [0.15, 0.2) is 36.9 Å². The van der Waals surface area contributed by atoms with Gasteiger partial charge in [0, 0.05) is 12.1 Å². The number of benzene rings is 1. The van der Waals surface area contributed by atoms with Crippen LogP contribution in [0.5, 0.6) is 5.75 Å². The van der Waals surface area contributed by atoms with E-state index in [1.54, 1.807) is 30.3 Å². The van der Waals surface area contributed by atoms with Gasteiger partial charge in [-0.3, -0.25) is 9.59 Å². The number of ketones is 1. The van der Waals surface area contributed by atoms with E-state index in [-0.39, 0.29) is 12.2 Å². The van der Waals surface area contributed by atoms with Crippen molar-refractivity contribution in [1.82, 2.24) is 5.32 Å². The Morgan fingerprint density at radius 1 is 1.33 bits per heavy atom. The Kier molecular flexibility index (Phi) is 7.18. The van der Waals surface area contributed by atoms with Crippen LogP contribution in [0.25, 0.3) is 0 Å². The van der Waals surface area contributed by atoms with Gasteiger partial charge in [0.1, 0.15) is 5.75 Å². The first-order valence-corrected chi connectivity index (χ1v) is 6.80. The molecule has 0 radical (unpaired) electrons. The van der Waals surface area contributed by atoms with E-state index < -0.39 is 12.0 Å². The topological polar surface area (TPSA) is 64.6 Å². The second kappa shape index (κ2) is 8.92. The molecule has 1 aromatic carbocycles. The van der Waals surface area contributed by atoms with E-state index in [4.69, 9.17) is 4.74 Å². The molecule has 5 heteroatoms. The highest BCUT2D eigenvalue weighted by atomic mass is 16.5. The van der Waals surface area contributed by atoms with Crippen LogP contribution in [0.2, 0.25) is 0 Å². The zero-order chi connectivity index (χ0) is 15.7. The van der Waals surface area contributed by atoms with Crippen molar-refractivity contribution in [3.63, 3.8) is 0 Å². The summed E-state index contributed by atoms with van der Waals surface area (Å²) in [7, 11) is 1.30. The lowest BCUT2D eigenvalue weighted by molar-refractivity contribution is -0.140. The van der Waals surface area contributed by atoms with Gasteiger partial charge in [0.2, 0.25) is 0 Å². The van der Waals surface area contributed by atoms with Crippen molar-refractivity contribution in [1.29, 1.82) is 0 Å². The average Bonchev–Trinajstić information content (AvgIpc) is 2.51. The van der Waals surface area contributed by atoms with Gasteiger partial charge in [-0.05, 0) is 31.2 Å². The Morgan fingerprint density at radius 3 is 2.52 bits per heavy atom. The summed E-state index contributed by atoms with van der Waals surface area (Å²) < 4.78 is 9.95. The summed E-state index contributed by atoms with van der Waals surface area (Å²) in [5.41, 5.74) is 0.518. The molecule has 0 fully saturated rings. The van der Waals surface area contributed by atoms with Crippen LogP contribution in [-0.2, 0) is 9.53 Å². The highest BCUT2D eigenvalue weighted by Gasteiger charge is 2.22. The lowest BCUT2D eigenvalue weighted by atomic mass is 10.0. The molecule has 0 aliphatic rings. The van der Waals surface area contributed by atoms with Crippen LogP contribution < -0.4 is 10.1 Å². The van der Waals surface area contributed by atoms with Crippen molar-refractivity contribution < 1.29 is 19.1 Å². The molecule has 1 aromatic rings. The number of methoxy groups -OCH3 is 1. The van der Waals surface area contributed by atoms with E-state index in [0.29, 0.717) is 24.5 Å². The maximum absolute atomic E-state index is 12.4. The maximum Gasteiger partial charge on any atom is 0.307 e. The predicted molar refractivity (Wildman–Crippen MR) is 80.6 cm³/mol. The van der Waals surface area contributed by atoms with E-state index in [1.165, 1.54) is 7.11 Å². The molecule has 0 aliphatic carbocycles. The normalized spacial score (nSPS) is 11.5. The van der Waals surface area contributed by atoms with E-state index >= 15 is 0 Å². The van der Waals surface area contributed by atoms with E-state index in [2.05, 4.69) is 16.6 Å². The monoisotopic (exact) mass is 291 g/mol. The molecule has 0 spiro atoms. The Labute approximate surface area is 124 Å². The number of carbonyl (C=O) groups is 2. The Hall–Kier alpha value is -2.14. The SMILES string of the molecule is C=CCNC(CC(=O)OC)C(=O)c1ccc(OCC)cc1. The number of esters is 1.